The molecule has 2 N–H and O–H groups in total. The molecule has 1 saturated heterocycles. The van der Waals surface area contributed by atoms with Crippen LogP contribution in [0, 0.1) is 0 Å². The Morgan fingerprint density at radius 2 is 2.36 bits per heavy atom. The van der Waals surface area contributed by atoms with Gasteiger partial charge in [-0.05, 0) is 7.05 Å². The molecular weight excluding hydrogens is 164 g/mol. The smallest absolute Gasteiger partial charge is 0.153 e. The van der Waals surface area contributed by atoms with Gasteiger partial charge in [0.2, 0.25) is 0 Å². The molecule has 0 amide bonds. The molecule has 1 aliphatic rings. The molecule has 0 aliphatic carbocycles. The Kier molecular flexibility index (Phi) is 2.86. The quantitative estimate of drug-likeness (QED) is 0.545. The first-order valence-electron chi connectivity index (χ1n) is 3.72. The van der Waals surface area contributed by atoms with Gasteiger partial charge in [0.1, 0.15) is 0 Å². The minimum atomic E-state index is -2.76. The van der Waals surface area contributed by atoms with Crippen LogP contribution in [0.25, 0.3) is 0 Å². The Balaban J connectivity index is 2.47. The molecule has 0 aromatic heterocycles. The van der Waals surface area contributed by atoms with E-state index in [4.69, 9.17) is 0 Å². The zero-order chi connectivity index (χ0) is 8.32. The highest BCUT2D eigenvalue weighted by molar-refractivity contribution is 7.91. The predicted molar refractivity (Wildman–Crippen MR) is 44.4 cm³/mol. The molecule has 0 radical (unpaired) electrons. The van der Waals surface area contributed by atoms with Crippen molar-refractivity contribution in [3.8, 4) is 0 Å². The maximum Gasteiger partial charge on any atom is 0.153 e. The maximum absolute atomic E-state index is 11.1. The molecule has 5 heteroatoms. The van der Waals surface area contributed by atoms with E-state index >= 15 is 0 Å². The van der Waals surface area contributed by atoms with Gasteiger partial charge in [-0.2, -0.15) is 0 Å². The van der Waals surface area contributed by atoms with Crippen LogP contribution in [0.1, 0.15) is 0 Å². The van der Waals surface area contributed by atoms with Crippen LogP contribution in [0.3, 0.4) is 0 Å². The lowest BCUT2D eigenvalue weighted by molar-refractivity contribution is 0.502. The van der Waals surface area contributed by atoms with Crippen molar-refractivity contribution in [1.82, 2.24) is 10.6 Å². The minimum absolute atomic E-state index is 0.0961. The molecule has 4 nitrogen and oxygen atoms in total. The van der Waals surface area contributed by atoms with Crippen LogP contribution in [0.2, 0.25) is 0 Å². The van der Waals surface area contributed by atoms with E-state index < -0.39 is 9.84 Å². The van der Waals surface area contributed by atoms with Gasteiger partial charge in [0.05, 0.1) is 11.5 Å². The van der Waals surface area contributed by atoms with Crippen LogP contribution >= 0.6 is 0 Å². The van der Waals surface area contributed by atoms with Gasteiger partial charge in [0.25, 0.3) is 0 Å². The Morgan fingerprint density at radius 1 is 1.64 bits per heavy atom. The number of hydrogen-bond acceptors (Lipinski definition) is 4. The Bertz CT molecular complexity index is 211. The van der Waals surface area contributed by atoms with Crippen LogP contribution in [-0.4, -0.2) is 46.1 Å². The largest absolute Gasteiger partial charge is 0.318 e. The highest BCUT2D eigenvalue weighted by atomic mass is 32.2. The molecule has 11 heavy (non-hydrogen) atoms. The van der Waals surface area contributed by atoms with Crippen LogP contribution in [0.15, 0.2) is 0 Å². The van der Waals surface area contributed by atoms with E-state index in [0.29, 0.717) is 6.54 Å². The number of hydrogen-bond donors (Lipinski definition) is 2. The second-order valence-electron chi connectivity index (χ2n) is 2.82. The second kappa shape index (κ2) is 3.51. The standard InChI is InChI=1S/C6H14N2O2S/c1-7-4-6-5-11(9,10)3-2-8-6/h6-8H,2-5H2,1H3. The average Bonchev–Trinajstić information content (AvgIpc) is 1.85. The van der Waals surface area contributed by atoms with E-state index in [1.807, 2.05) is 7.05 Å². The summed E-state index contributed by atoms with van der Waals surface area (Å²) in [7, 11) is -0.934. The molecule has 0 bridgehead atoms. The van der Waals surface area contributed by atoms with E-state index in [2.05, 4.69) is 10.6 Å². The van der Waals surface area contributed by atoms with E-state index in [-0.39, 0.29) is 17.5 Å². The third-order valence-electron chi connectivity index (χ3n) is 1.75. The van der Waals surface area contributed by atoms with E-state index in [1.165, 1.54) is 0 Å². The summed E-state index contributed by atoms with van der Waals surface area (Å²) in [6.07, 6.45) is 0. The monoisotopic (exact) mass is 178 g/mol. The van der Waals surface area contributed by atoms with Crippen molar-refractivity contribution >= 4 is 9.84 Å². The van der Waals surface area contributed by atoms with Crippen molar-refractivity contribution in [3.63, 3.8) is 0 Å². The summed E-state index contributed by atoms with van der Waals surface area (Å²) in [6, 6.07) is 0.0961. The fourth-order valence-corrected chi connectivity index (χ4v) is 2.69. The number of likely N-dealkylation sites (N-methyl/N-ethyl adjacent to an activating group) is 1. The van der Waals surface area contributed by atoms with Gasteiger partial charge in [-0.25, -0.2) is 8.42 Å². The summed E-state index contributed by atoms with van der Waals surface area (Å²) >= 11 is 0. The third kappa shape index (κ3) is 2.76. The molecule has 0 spiro atoms. The first-order chi connectivity index (χ1) is 5.14. The molecule has 0 aromatic rings. The van der Waals surface area contributed by atoms with Gasteiger partial charge in [-0.3, -0.25) is 0 Å². The third-order valence-corrected chi connectivity index (χ3v) is 3.49. The molecule has 1 rings (SSSR count). The number of sulfone groups is 1. The number of rotatable bonds is 2. The average molecular weight is 178 g/mol. The highest BCUT2D eigenvalue weighted by Gasteiger charge is 2.22. The first kappa shape index (κ1) is 8.96. The molecule has 1 fully saturated rings. The minimum Gasteiger partial charge on any atom is -0.318 e. The van der Waals surface area contributed by atoms with Gasteiger partial charge < -0.3 is 10.6 Å². The fraction of sp³-hybridized carbons (Fsp3) is 1.00. The van der Waals surface area contributed by atoms with Crippen molar-refractivity contribution in [2.75, 3.05) is 31.6 Å². The van der Waals surface area contributed by atoms with Crippen molar-refractivity contribution < 1.29 is 8.42 Å². The lowest BCUT2D eigenvalue weighted by atomic mass is 10.3. The molecule has 0 saturated carbocycles. The van der Waals surface area contributed by atoms with Crippen LogP contribution in [0.5, 0.6) is 0 Å². The van der Waals surface area contributed by atoms with Crippen LogP contribution in [0.4, 0.5) is 0 Å². The van der Waals surface area contributed by atoms with Gasteiger partial charge in [-0.1, -0.05) is 0 Å². The zero-order valence-corrected chi connectivity index (χ0v) is 7.45. The van der Waals surface area contributed by atoms with Crippen molar-refractivity contribution in [2.24, 2.45) is 0 Å². The molecule has 66 valence electrons. The lowest BCUT2D eigenvalue weighted by Crippen LogP contribution is -2.49. The summed E-state index contributed by atoms with van der Waals surface area (Å²) in [6.45, 7) is 1.31. The predicted octanol–water partition coefficient (Wildman–Crippen LogP) is -1.41. The zero-order valence-electron chi connectivity index (χ0n) is 6.63. The molecule has 1 unspecified atom stereocenters. The summed E-state index contributed by atoms with van der Waals surface area (Å²) in [5.41, 5.74) is 0. The summed E-state index contributed by atoms with van der Waals surface area (Å²) in [5.74, 6) is 0.557. The summed E-state index contributed by atoms with van der Waals surface area (Å²) in [5, 5.41) is 6.08. The first-order valence-corrected chi connectivity index (χ1v) is 5.54. The molecular formula is C6H14N2O2S. The van der Waals surface area contributed by atoms with E-state index in [0.717, 1.165) is 6.54 Å². The summed E-state index contributed by atoms with van der Waals surface area (Å²) in [4.78, 5) is 0. The fourth-order valence-electron chi connectivity index (χ4n) is 1.24. The molecule has 1 atom stereocenters. The van der Waals surface area contributed by atoms with Gasteiger partial charge in [0, 0.05) is 19.1 Å². The van der Waals surface area contributed by atoms with Gasteiger partial charge in [-0.15, -0.1) is 0 Å². The van der Waals surface area contributed by atoms with Gasteiger partial charge >= 0.3 is 0 Å². The van der Waals surface area contributed by atoms with Crippen molar-refractivity contribution in [2.45, 2.75) is 6.04 Å². The van der Waals surface area contributed by atoms with Crippen molar-refractivity contribution in [1.29, 1.82) is 0 Å². The van der Waals surface area contributed by atoms with Crippen molar-refractivity contribution in [3.05, 3.63) is 0 Å². The van der Waals surface area contributed by atoms with Crippen LogP contribution in [-0.2, 0) is 9.84 Å². The van der Waals surface area contributed by atoms with E-state index in [9.17, 15) is 8.42 Å². The Hall–Kier alpha value is -0.130. The number of nitrogens with one attached hydrogen (secondary N) is 2. The van der Waals surface area contributed by atoms with Crippen LogP contribution < -0.4 is 10.6 Å². The SMILES string of the molecule is CNCC1CS(=O)(=O)CCN1. The molecule has 1 heterocycles. The highest BCUT2D eigenvalue weighted by Crippen LogP contribution is 1.99. The molecule has 1 aliphatic heterocycles. The summed E-state index contributed by atoms with van der Waals surface area (Å²) < 4.78 is 22.1. The topological polar surface area (TPSA) is 58.2 Å². The Labute approximate surface area is 67.3 Å². The van der Waals surface area contributed by atoms with E-state index in [1.54, 1.807) is 0 Å². The lowest BCUT2D eigenvalue weighted by Gasteiger charge is -2.22. The Morgan fingerprint density at radius 3 is 2.91 bits per heavy atom. The van der Waals surface area contributed by atoms with Gasteiger partial charge in [0.15, 0.2) is 9.84 Å². The molecule has 0 aromatic carbocycles. The second-order valence-corrected chi connectivity index (χ2v) is 5.05. The normalized spacial score (nSPS) is 30.1. The maximum atomic E-state index is 11.1.